The zero-order chi connectivity index (χ0) is 17.1. The number of hydrogen-bond donors (Lipinski definition) is 1. The number of carbonyl (C=O) groups is 1. The lowest BCUT2D eigenvalue weighted by atomic mass is 10.1. The van der Waals surface area contributed by atoms with E-state index < -0.39 is 0 Å². The molecule has 0 aliphatic carbocycles. The lowest BCUT2D eigenvalue weighted by Gasteiger charge is -2.02. The minimum atomic E-state index is -0.209. The van der Waals surface area contributed by atoms with Gasteiger partial charge in [0.25, 0.3) is 5.91 Å². The standard InChI is InChI=1S/C17H11BrCl2N2OS/c18-14-6-1-10(8-15(14)20)7-13-9-21-17(24-13)22-16(23)11-2-4-12(19)5-3-11/h1-6,8-9H,7H2,(H,21,22,23). The highest BCUT2D eigenvalue weighted by Gasteiger charge is 2.10. The molecular weight excluding hydrogens is 431 g/mol. The summed E-state index contributed by atoms with van der Waals surface area (Å²) in [6, 6.07) is 12.6. The molecule has 0 bridgehead atoms. The molecule has 7 heteroatoms. The Labute approximate surface area is 161 Å². The third-order valence-corrected chi connectivity index (χ3v) is 5.64. The van der Waals surface area contributed by atoms with E-state index in [-0.39, 0.29) is 5.91 Å². The van der Waals surface area contributed by atoms with Crippen molar-refractivity contribution < 1.29 is 4.79 Å². The summed E-state index contributed by atoms with van der Waals surface area (Å²) in [5.74, 6) is -0.209. The van der Waals surface area contributed by atoms with Gasteiger partial charge in [-0.1, -0.05) is 29.3 Å². The normalized spacial score (nSPS) is 10.6. The van der Waals surface area contributed by atoms with Crippen LogP contribution in [0.25, 0.3) is 0 Å². The fraction of sp³-hybridized carbons (Fsp3) is 0.0588. The first-order valence-corrected chi connectivity index (χ1v) is 9.33. The zero-order valence-electron chi connectivity index (χ0n) is 12.2. The molecule has 0 saturated heterocycles. The van der Waals surface area contributed by atoms with Crippen molar-refractivity contribution in [2.24, 2.45) is 0 Å². The summed E-state index contributed by atoms with van der Waals surface area (Å²) in [5.41, 5.74) is 1.62. The van der Waals surface area contributed by atoms with E-state index in [1.165, 1.54) is 11.3 Å². The van der Waals surface area contributed by atoms with E-state index in [1.54, 1.807) is 30.5 Å². The van der Waals surface area contributed by atoms with Crippen LogP contribution in [-0.2, 0) is 6.42 Å². The molecule has 1 aromatic heterocycles. The highest BCUT2D eigenvalue weighted by molar-refractivity contribution is 9.10. The van der Waals surface area contributed by atoms with E-state index in [9.17, 15) is 4.79 Å². The Kier molecular flexibility index (Phi) is 5.56. The van der Waals surface area contributed by atoms with Crippen molar-refractivity contribution in [1.29, 1.82) is 0 Å². The van der Waals surface area contributed by atoms with Gasteiger partial charge in [-0.2, -0.15) is 0 Å². The zero-order valence-corrected chi connectivity index (χ0v) is 16.1. The molecule has 3 aromatic rings. The number of nitrogens with one attached hydrogen (secondary N) is 1. The lowest BCUT2D eigenvalue weighted by Crippen LogP contribution is -2.11. The number of amides is 1. The van der Waals surface area contributed by atoms with Crippen molar-refractivity contribution in [2.75, 3.05) is 5.32 Å². The number of carbonyl (C=O) groups excluding carboxylic acids is 1. The van der Waals surface area contributed by atoms with Crippen molar-refractivity contribution in [2.45, 2.75) is 6.42 Å². The molecule has 0 fully saturated rings. The molecule has 0 aliphatic heterocycles. The van der Waals surface area contributed by atoms with Gasteiger partial charge < -0.3 is 0 Å². The molecule has 3 nitrogen and oxygen atoms in total. The largest absolute Gasteiger partial charge is 0.298 e. The van der Waals surface area contributed by atoms with Crippen LogP contribution < -0.4 is 5.32 Å². The molecule has 2 aromatic carbocycles. The third kappa shape index (κ3) is 4.36. The Bertz CT molecular complexity index is 881. The van der Waals surface area contributed by atoms with Gasteiger partial charge in [-0.05, 0) is 57.9 Å². The fourth-order valence-corrected chi connectivity index (χ4v) is 3.49. The number of aromatic nitrogens is 1. The predicted octanol–water partition coefficient (Wildman–Crippen LogP) is 6.06. The molecule has 0 unspecified atom stereocenters. The van der Waals surface area contributed by atoms with Gasteiger partial charge >= 0.3 is 0 Å². The topological polar surface area (TPSA) is 42.0 Å². The molecule has 0 spiro atoms. The molecule has 0 radical (unpaired) electrons. The quantitative estimate of drug-likeness (QED) is 0.534. The average Bonchev–Trinajstić information content (AvgIpc) is 2.98. The Morgan fingerprint density at radius 1 is 1.17 bits per heavy atom. The third-order valence-electron chi connectivity index (χ3n) is 3.24. The van der Waals surface area contributed by atoms with Crippen molar-refractivity contribution >= 4 is 61.5 Å². The smallest absolute Gasteiger partial charge is 0.257 e. The van der Waals surface area contributed by atoms with Gasteiger partial charge in [0.1, 0.15) is 0 Å². The monoisotopic (exact) mass is 440 g/mol. The highest BCUT2D eigenvalue weighted by atomic mass is 79.9. The number of rotatable bonds is 4. The van der Waals surface area contributed by atoms with Gasteiger partial charge in [0.15, 0.2) is 5.13 Å². The Morgan fingerprint density at radius 3 is 2.62 bits per heavy atom. The van der Waals surface area contributed by atoms with Crippen molar-refractivity contribution in [1.82, 2.24) is 4.98 Å². The molecule has 0 aliphatic rings. The van der Waals surface area contributed by atoms with E-state index in [1.807, 2.05) is 18.2 Å². The van der Waals surface area contributed by atoms with Gasteiger partial charge in [-0.25, -0.2) is 4.98 Å². The summed E-state index contributed by atoms with van der Waals surface area (Å²) < 4.78 is 0.869. The van der Waals surface area contributed by atoms with Gasteiger partial charge in [0.05, 0.1) is 5.02 Å². The van der Waals surface area contributed by atoms with Crippen LogP contribution in [0.4, 0.5) is 5.13 Å². The van der Waals surface area contributed by atoms with E-state index in [0.717, 1.165) is 14.9 Å². The Hall–Kier alpha value is -1.40. The summed E-state index contributed by atoms with van der Waals surface area (Å²) in [6.45, 7) is 0. The number of benzene rings is 2. The second-order valence-electron chi connectivity index (χ2n) is 5.02. The highest BCUT2D eigenvalue weighted by Crippen LogP contribution is 2.26. The van der Waals surface area contributed by atoms with Gasteiger partial charge in [-0.3, -0.25) is 10.1 Å². The van der Waals surface area contributed by atoms with Crippen LogP contribution in [0.2, 0.25) is 10.0 Å². The number of hydrogen-bond acceptors (Lipinski definition) is 3. The van der Waals surface area contributed by atoms with Crippen molar-refractivity contribution in [3.8, 4) is 0 Å². The molecule has 24 heavy (non-hydrogen) atoms. The second-order valence-corrected chi connectivity index (χ2v) is 7.83. The Balaban J connectivity index is 1.67. The molecule has 0 atom stereocenters. The minimum absolute atomic E-state index is 0.209. The van der Waals surface area contributed by atoms with Crippen molar-refractivity contribution in [3.05, 3.63) is 79.2 Å². The second kappa shape index (κ2) is 7.66. The molecule has 1 amide bonds. The first kappa shape index (κ1) is 17.4. The fourth-order valence-electron chi connectivity index (χ4n) is 2.07. The van der Waals surface area contributed by atoms with Crippen LogP contribution in [0.5, 0.6) is 0 Å². The van der Waals surface area contributed by atoms with Crippen LogP contribution in [-0.4, -0.2) is 10.9 Å². The SMILES string of the molecule is O=C(Nc1ncc(Cc2ccc(Br)c(Cl)c2)s1)c1ccc(Cl)cc1. The molecule has 122 valence electrons. The summed E-state index contributed by atoms with van der Waals surface area (Å²) in [4.78, 5) is 17.5. The average molecular weight is 442 g/mol. The van der Waals surface area contributed by atoms with Crippen LogP contribution in [0.15, 0.2) is 53.1 Å². The first-order valence-electron chi connectivity index (χ1n) is 6.97. The number of anilines is 1. The van der Waals surface area contributed by atoms with Crippen LogP contribution >= 0.6 is 50.5 Å². The molecular formula is C17H11BrCl2N2OS. The van der Waals surface area contributed by atoms with E-state index in [0.29, 0.717) is 27.2 Å². The summed E-state index contributed by atoms with van der Waals surface area (Å²) >= 11 is 16.7. The van der Waals surface area contributed by atoms with Crippen molar-refractivity contribution in [3.63, 3.8) is 0 Å². The maximum atomic E-state index is 12.2. The van der Waals surface area contributed by atoms with Crippen LogP contribution in [0.3, 0.4) is 0 Å². The van der Waals surface area contributed by atoms with Gasteiger partial charge in [-0.15, -0.1) is 11.3 Å². The molecule has 3 rings (SSSR count). The predicted molar refractivity (Wildman–Crippen MR) is 103 cm³/mol. The number of nitrogens with zero attached hydrogens (tertiary/aromatic N) is 1. The maximum absolute atomic E-state index is 12.2. The van der Waals surface area contributed by atoms with Gasteiger partial charge in [0, 0.05) is 32.6 Å². The number of thiazole rings is 1. The van der Waals surface area contributed by atoms with Crippen LogP contribution in [0.1, 0.15) is 20.8 Å². The minimum Gasteiger partial charge on any atom is -0.298 e. The lowest BCUT2D eigenvalue weighted by molar-refractivity contribution is 0.102. The first-order chi connectivity index (χ1) is 11.5. The summed E-state index contributed by atoms with van der Waals surface area (Å²) in [6.07, 6.45) is 2.47. The number of halogens is 3. The molecule has 1 N–H and O–H groups in total. The van der Waals surface area contributed by atoms with E-state index in [4.69, 9.17) is 23.2 Å². The Morgan fingerprint density at radius 2 is 1.92 bits per heavy atom. The van der Waals surface area contributed by atoms with Crippen LogP contribution in [0, 0.1) is 0 Å². The molecule has 0 saturated carbocycles. The van der Waals surface area contributed by atoms with E-state index >= 15 is 0 Å². The van der Waals surface area contributed by atoms with E-state index in [2.05, 4.69) is 26.2 Å². The summed E-state index contributed by atoms with van der Waals surface area (Å²) in [7, 11) is 0. The van der Waals surface area contributed by atoms with Gasteiger partial charge in [0.2, 0.25) is 0 Å². The maximum Gasteiger partial charge on any atom is 0.257 e. The molecule has 1 heterocycles. The summed E-state index contributed by atoms with van der Waals surface area (Å²) in [5, 5.41) is 4.63.